The lowest BCUT2D eigenvalue weighted by Crippen LogP contribution is -2.41. The largest absolute Gasteiger partial charge is 0.345 e. The third-order valence-corrected chi connectivity index (χ3v) is 4.51. The Hall–Kier alpha value is -2.23. The molecule has 128 valence electrons. The molecule has 1 aromatic carbocycles. The first kappa shape index (κ1) is 16.6. The number of amides is 2. The molecule has 1 aliphatic carbocycles. The third-order valence-electron chi connectivity index (χ3n) is 4.51. The quantitative estimate of drug-likeness (QED) is 0.732. The maximum absolute atomic E-state index is 12.5. The van der Waals surface area contributed by atoms with Gasteiger partial charge in [0.2, 0.25) is 0 Å². The number of benzene rings is 1. The molecule has 0 radical (unpaired) electrons. The number of nitrogens with one attached hydrogen (secondary N) is 1. The molecule has 1 fully saturated rings. The first-order valence-corrected chi connectivity index (χ1v) is 9.00. The van der Waals surface area contributed by atoms with Gasteiger partial charge in [-0.3, -0.25) is 0 Å². The van der Waals surface area contributed by atoms with Crippen LogP contribution in [0.3, 0.4) is 0 Å². The minimum atomic E-state index is 0.0819. The van der Waals surface area contributed by atoms with Crippen LogP contribution in [0.15, 0.2) is 48.7 Å². The van der Waals surface area contributed by atoms with Gasteiger partial charge < -0.3 is 14.8 Å². The lowest BCUT2D eigenvalue weighted by Gasteiger charge is -2.24. The Kier molecular flexibility index (Phi) is 5.57. The lowest BCUT2D eigenvalue weighted by atomic mass is 10.2. The Morgan fingerprint density at radius 1 is 1.21 bits per heavy atom. The Morgan fingerprint density at radius 3 is 2.71 bits per heavy atom. The van der Waals surface area contributed by atoms with Crippen LogP contribution in [0, 0.1) is 0 Å². The van der Waals surface area contributed by atoms with E-state index in [1.165, 1.54) is 11.3 Å². The zero-order valence-electron chi connectivity index (χ0n) is 14.4. The Morgan fingerprint density at radius 2 is 2.00 bits per heavy atom. The number of nitrogens with zero attached hydrogens (tertiary/aromatic N) is 2. The molecular weight excluding hydrogens is 298 g/mol. The van der Waals surface area contributed by atoms with E-state index in [0.717, 1.165) is 38.8 Å². The van der Waals surface area contributed by atoms with Gasteiger partial charge in [0.05, 0.1) is 6.54 Å². The van der Waals surface area contributed by atoms with Gasteiger partial charge in [-0.25, -0.2) is 4.79 Å². The van der Waals surface area contributed by atoms with Crippen molar-refractivity contribution < 1.29 is 4.79 Å². The van der Waals surface area contributed by atoms with E-state index in [4.69, 9.17) is 0 Å². The summed E-state index contributed by atoms with van der Waals surface area (Å²) in [7, 11) is 0. The van der Waals surface area contributed by atoms with E-state index >= 15 is 0 Å². The first-order chi connectivity index (χ1) is 11.8. The molecule has 0 aliphatic heterocycles. The average molecular weight is 325 g/mol. The predicted octanol–water partition coefficient (Wildman–Crippen LogP) is 4.01. The van der Waals surface area contributed by atoms with Gasteiger partial charge in [0.15, 0.2) is 0 Å². The fourth-order valence-electron chi connectivity index (χ4n) is 2.93. The van der Waals surface area contributed by atoms with Crippen molar-refractivity contribution in [3.05, 3.63) is 59.9 Å². The molecule has 0 atom stereocenters. The molecule has 0 spiro atoms. The number of rotatable bonds is 8. The molecule has 3 rings (SSSR count). The number of urea groups is 1. The molecule has 0 saturated heterocycles. The van der Waals surface area contributed by atoms with Crippen LogP contribution in [0.5, 0.6) is 0 Å². The van der Waals surface area contributed by atoms with Gasteiger partial charge in [-0.1, -0.05) is 43.7 Å². The smallest absolute Gasteiger partial charge is 0.318 e. The van der Waals surface area contributed by atoms with Crippen molar-refractivity contribution in [3.8, 4) is 0 Å². The fourth-order valence-corrected chi connectivity index (χ4v) is 2.93. The van der Waals surface area contributed by atoms with E-state index in [1.807, 2.05) is 11.0 Å². The lowest BCUT2D eigenvalue weighted by molar-refractivity contribution is 0.190. The molecule has 1 aromatic heterocycles. The Bertz CT molecular complexity index is 646. The molecule has 0 unspecified atom stereocenters. The topological polar surface area (TPSA) is 37.3 Å². The second-order valence-corrected chi connectivity index (χ2v) is 6.56. The van der Waals surface area contributed by atoms with Crippen LogP contribution in [-0.2, 0) is 13.1 Å². The highest BCUT2D eigenvalue weighted by molar-refractivity contribution is 5.74. The van der Waals surface area contributed by atoms with Crippen LogP contribution in [0.4, 0.5) is 4.79 Å². The average Bonchev–Trinajstić information content (AvgIpc) is 3.35. The van der Waals surface area contributed by atoms with Crippen molar-refractivity contribution >= 4 is 6.03 Å². The van der Waals surface area contributed by atoms with E-state index in [1.54, 1.807) is 0 Å². The van der Waals surface area contributed by atoms with Gasteiger partial charge in [-0.05, 0) is 37.0 Å². The van der Waals surface area contributed by atoms with Crippen molar-refractivity contribution in [2.75, 3.05) is 6.54 Å². The molecule has 2 amide bonds. The fraction of sp³-hybridized carbons (Fsp3) is 0.450. The molecule has 0 bridgehead atoms. The standard InChI is InChI=1S/C20H27N3O/c1-2-3-13-21-20(24)23(18-11-12-18)16-19-10-7-14-22(19)15-17-8-5-4-6-9-17/h4-10,14,18H,2-3,11-13,15-16H2,1H3,(H,21,24). The van der Waals surface area contributed by atoms with Crippen molar-refractivity contribution in [2.45, 2.75) is 51.7 Å². The molecule has 4 nitrogen and oxygen atoms in total. The molecule has 1 saturated carbocycles. The molecular formula is C20H27N3O. The number of carbonyl (C=O) groups excluding carboxylic acids is 1. The van der Waals surface area contributed by atoms with Gasteiger partial charge in [-0.15, -0.1) is 0 Å². The van der Waals surface area contributed by atoms with Gasteiger partial charge >= 0.3 is 6.03 Å². The monoisotopic (exact) mass is 325 g/mol. The number of aromatic nitrogens is 1. The van der Waals surface area contributed by atoms with Gasteiger partial charge in [0.25, 0.3) is 0 Å². The van der Waals surface area contributed by atoms with E-state index in [9.17, 15) is 4.79 Å². The minimum Gasteiger partial charge on any atom is -0.345 e. The number of hydrogen-bond acceptors (Lipinski definition) is 1. The SMILES string of the molecule is CCCCNC(=O)N(Cc1cccn1Cc1ccccc1)C1CC1. The summed E-state index contributed by atoms with van der Waals surface area (Å²) in [5.74, 6) is 0. The van der Waals surface area contributed by atoms with Gasteiger partial charge in [0.1, 0.15) is 0 Å². The maximum atomic E-state index is 12.5. The number of unbranched alkanes of at least 4 members (excludes halogenated alkanes) is 1. The van der Waals surface area contributed by atoms with Crippen molar-refractivity contribution in [2.24, 2.45) is 0 Å². The predicted molar refractivity (Wildman–Crippen MR) is 96.8 cm³/mol. The van der Waals surface area contributed by atoms with Crippen LogP contribution in [0.1, 0.15) is 43.9 Å². The summed E-state index contributed by atoms with van der Waals surface area (Å²) in [6, 6.07) is 15.1. The van der Waals surface area contributed by atoms with Crippen LogP contribution in [-0.4, -0.2) is 28.1 Å². The van der Waals surface area contributed by atoms with Crippen molar-refractivity contribution in [3.63, 3.8) is 0 Å². The molecule has 1 heterocycles. The van der Waals surface area contributed by atoms with E-state index in [-0.39, 0.29) is 6.03 Å². The van der Waals surface area contributed by atoms with Crippen molar-refractivity contribution in [1.29, 1.82) is 0 Å². The Labute approximate surface area is 144 Å². The highest BCUT2D eigenvalue weighted by atomic mass is 16.2. The van der Waals surface area contributed by atoms with E-state index in [0.29, 0.717) is 12.6 Å². The third kappa shape index (κ3) is 4.40. The minimum absolute atomic E-state index is 0.0819. The summed E-state index contributed by atoms with van der Waals surface area (Å²) in [4.78, 5) is 14.5. The number of carbonyl (C=O) groups is 1. The molecule has 4 heteroatoms. The highest BCUT2D eigenvalue weighted by Crippen LogP contribution is 2.28. The second-order valence-electron chi connectivity index (χ2n) is 6.56. The summed E-state index contributed by atoms with van der Waals surface area (Å²) < 4.78 is 2.24. The molecule has 2 aromatic rings. The van der Waals surface area contributed by atoms with E-state index < -0.39 is 0 Å². The van der Waals surface area contributed by atoms with Gasteiger partial charge in [-0.2, -0.15) is 0 Å². The van der Waals surface area contributed by atoms with Gasteiger partial charge in [0, 0.05) is 31.0 Å². The molecule has 24 heavy (non-hydrogen) atoms. The van der Waals surface area contributed by atoms with Crippen molar-refractivity contribution in [1.82, 2.24) is 14.8 Å². The van der Waals surface area contributed by atoms with Crippen LogP contribution in [0.25, 0.3) is 0 Å². The second kappa shape index (κ2) is 8.04. The highest BCUT2D eigenvalue weighted by Gasteiger charge is 2.32. The maximum Gasteiger partial charge on any atom is 0.318 e. The zero-order valence-corrected chi connectivity index (χ0v) is 14.4. The van der Waals surface area contributed by atoms with Crippen LogP contribution in [0.2, 0.25) is 0 Å². The first-order valence-electron chi connectivity index (χ1n) is 9.00. The normalized spacial score (nSPS) is 13.7. The summed E-state index contributed by atoms with van der Waals surface area (Å²) in [5, 5.41) is 3.06. The number of hydrogen-bond donors (Lipinski definition) is 1. The molecule has 1 N–H and O–H groups in total. The summed E-state index contributed by atoms with van der Waals surface area (Å²) in [6.45, 7) is 4.44. The van der Waals surface area contributed by atoms with Crippen LogP contribution >= 0.6 is 0 Å². The Balaban J connectivity index is 1.65. The molecule has 1 aliphatic rings. The summed E-state index contributed by atoms with van der Waals surface area (Å²) in [5.41, 5.74) is 2.47. The zero-order chi connectivity index (χ0) is 16.8. The summed E-state index contributed by atoms with van der Waals surface area (Å²) in [6.07, 6.45) is 6.49. The van der Waals surface area contributed by atoms with Crippen LogP contribution < -0.4 is 5.32 Å². The van der Waals surface area contributed by atoms with E-state index in [2.05, 4.69) is 59.4 Å². The summed E-state index contributed by atoms with van der Waals surface area (Å²) >= 11 is 0.